The summed E-state index contributed by atoms with van der Waals surface area (Å²) in [5.74, 6) is 1.16. The molecule has 1 heterocycles. The molecule has 2 N–H and O–H groups in total. The number of hydrogen-bond donors (Lipinski definition) is 2. The van der Waals surface area contributed by atoms with Gasteiger partial charge in [0.1, 0.15) is 5.75 Å². The summed E-state index contributed by atoms with van der Waals surface area (Å²) in [6.07, 6.45) is 0. The minimum absolute atomic E-state index is 0.168. The first-order chi connectivity index (χ1) is 12.0. The summed E-state index contributed by atoms with van der Waals surface area (Å²) < 4.78 is 5.21. The molecule has 1 fully saturated rings. The third-order valence-electron chi connectivity index (χ3n) is 4.79. The number of nitrogens with one attached hydrogen (secondary N) is 2. The van der Waals surface area contributed by atoms with E-state index in [4.69, 9.17) is 4.74 Å². The van der Waals surface area contributed by atoms with Crippen LogP contribution in [0, 0.1) is 12.8 Å². The average molecular weight is 348 g/mol. The molecule has 6 heteroatoms. The van der Waals surface area contributed by atoms with E-state index in [0.717, 1.165) is 56.3 Å². The van der Waals surface area contributed by atoms with Gasteiger partial charge < -0.3 is 25.2 Å². The van der Waals surface area contributed by atoms with Crippen LogP contribution in [0.1, 0.15) is 19.4 Å². The molecule has 0 radical (unpaired) electrons. The Hall–Kier alpha value is -1.79. The molecule has 0 bridgehead atoms. The summed E-state index contributed by atoms with van der Waals surface area (Å²) in [7, 11) is 1.62. The van der Waals surface area contributed by atoms with Crippen molar-refractivity contribution in [3.05, 3.63) is 23.8 Å². The molecule has 1 atom stereocenters. The van der Waals surface area contributed by atoms with Crippen molar-refractivity contribution in [3.63, 3.8) is 0 Å². The number of carbonyl (C=O) groups is 1. The van der Waals surface area contributed by atoms with Gasteiger partial charge in [-0.25, -0.2) is 4.79 Å². The highest BCUT2D eigenvalue weighted by atomic mass is 16.5. The number of aryl methyl sites for hydroxylation is 1. The Labute approximate surface area is 151 Å². The monoisotopic (exact) mass is 348 g/mol. The van der Waals surface area contributed by atoms with Crippen LogP contribution in [0.3, 0.4) is 0 Å². The lowest BCUT2D eigenvalue weighted by atomic mass is 10.1. The average Bonchev–Trinajstić information content (AvgIpc) is 2.62. The van der Waals surface area contributed by atoms with Crippen molar-refractivity contribution in [2.24, 2.45) is 5.92 Å². The molecule has 1 aromatic carbocycles. The van der Waals surface area contributed by atoms with Gasteiger partial charge in [0, 0.05) is 51.0 Å². The van der Waals surface area contributed by atoms with Crippen LogP contribution in [0.15, 0.2) is 18.2 Å². The molecule has 1 aromatic rings. The van der Waals surface area contributed by atoms with Crippen LogP contribution < -0.4 is 15.4 Å². The number of hydrogen-bond acceptors (Lipinski definition) is 4. The molecule has 140 valence electrons. The summed E-state index contributed by atoms with van der Waals surface area (Å²) >= 11 is 0. The van der Waals surface area contributed by atoms with Gasteiger partial charge in [0.2, 0.25) is 0 Å². The zero-order chi connectivity index (χ0) is 18.2. The first-order valence-corrected chi connectivity index (χ1v) is 9.16. The van der Waals surface area contributed by atoms with Crippen molar-refractivity contribution in [1.82, 2.24) is 15.1 Å². The highest BCUT2D eigenvalue weighted by molar-refractivity contribution is 5.90. The molecule has 1 aliphatic rings. The Morgan fingerprint density at radius 1 is 1.24 bits per heavy atom. The van der Waals surface area contributed by atoms with Gasteiger partial charge in [-0.05, 0) is 31.0 Å². The minimum atomic E-state index is -0.168. The number of likely N-dealkylation sites (N-methyl/N-ethyl adjacent to an activating group) is 1. The largest absolute Gasteiger partial charge is 0.497 e. The molecule has 1 aliphatic heterocycles. The number of urea groups is 1. The molecule has 25 heavy (non-hydrogen) atoms. The quantitative estimate of drug-likeness (QED) is 0.794. The number of benzene rings is 1. The van der Waals surface area contributed by atoms with Crippen molar-refractivity contribution in [3.8, 4) is 5.75 Å². The number of piperazine rings is 1. The van der Waals surface area contributed by atoms with Crippen molar-refractivity contribution < 1.29 is 9.53 Å². The van der Waals surface area contributed by atoms with Gasteiger partial charge in [0.25, 0.3) is 0 Å². The summed E-state index contributed by atoms with van der Waals surface area (Å²) in [6.45, 7) is 13.7. The smallest absolute Gasteiger partial charge is 0.319 e. The topological polar surface area (TPSA) is 56.8 Å². The Kier molecular flexibility index (Phi) is 7.52. The number of anilines is 1. The lowest BCUT2D eigenvalue weighted by Crippen LogP contribution is -2.48. The first kappa shape index (κ1) is 19.5. The maximum absolute atomic E-state index is 12.2. The normalized spacial score (nSPS) is 17.1. The predicted octanol–water partition coefficient (Wildman–Crippen LogP) is 2.40. The molecule has 1 unspecified atom stereocenters. The molecular weight excluding hydrogens is 316 g/mol. The Balaban J connectivity index is 1.72. The summed E-state index contributed by atoms with van der Waals surface area (Å²) in [5.41, 5.74) is 1.79. The zero-order valence-corrected chi connectivity index (χ0v) is 16.0. The van der Waals surface area contributed by atoms with E-state index in [0.29, 0.717) is 12.5 Å². The lowest BCUT2D eigenvalue weighted by Gasteiger charge is -2.35. The summed E-state index contributed by atoms with van der Waals surface area (Å²) in [5, 5.41) is 5.88. The van der Waals surface area contributed by atoms with Crippen molar-refractivity contribution in [2.75, 3.05) is 58.2 Å². The summed E-state index contributed by atoms with van der Waals surface area (Å²) in [6, 6.07) is 5.50. The van der Waals surface area contributed by atoms with Gasteiger partial charge >= 0.3 is 6.03 Å². The van der Waals surface area contributed by atoms with Crippen molar-refractivity contribution >= 4 is 11.7 Å². The van der Waals surface area contributed by atoms with E-state index in [1.54, 1.807) is 7.11 Å². The van der Waals surface area contributed by atoms with E-state index in [2.05, 4.69) is 34.3 Å². The number of amides is 2. The summed E-state index contributed by atoms with van der Waals surface area (Å²) in [4.78, 5) is 17.1. The van der Waals surface area contributed by atoms with Gasteiger partial charge in [-0.15, -0.1) is 0 Å². The third-order valence-corrected chi connectivity index (χ3v) is 4.79. The predicted molar refractivity (Wildman–Crippen MR) is 102 cm³/mol. The van der Waals surface area contributed by atoms with Crippen LogP contribution in [-0.4, -0.2) is 68.8 Å². The second-order valence-corrected chi connectivity index (χ2v) is 6.86. The number of ether oxygens (including phenoxy) is 1. The maximum atomic E-state index is 12.2. The van der Waals surface area contributed by atoms with Crippen LogP contribution in [0.5, 0.6) is 5.75 Å². The van der Waals surface area contributed by atoms with Crippen LogP contribution in [0.25, 0.3) is 0 Å². The Morgan fingerprint density at radius 3 is 2.56 bits per heavy atom. The number of nitrogens with zero attached hydrogens (tertiary/aromatic N) is 2. The molecule has 0 spiro atoms. The number of rotatable bonds is 7. The fourth-order valence-corrected chi connectivity index (χ4v) is 3.09. The van der Waals surface area contributed by atoms with Crippen molar-refractivity contribution in [1.29, 1.82) is 0 Å². The van der Waals surface area contributed by atoms with Gasteiger partial charge in [0.05, 0.1) is 7.11 Å². The van der Waals surface area contributed by atoms with Crippen LogP contribution >= 0.6 is 0 Å². The molecule has 0 aromatic heterocycles. The van der Waals surface area contributed by atoms with E-state index in [9.17, 15) is 4.79 Å². The van der Waals surface area contributed by atoms with E-state index in [1.165, 1.54) is 0 Å². The second-order valence-electron chi connectivity index (χ2n) is 6.86. The van der Waals surface area contributed by atoms with E-state index in [-0.39, 0.29) is 6.03 Å². The van der Waals surface area contributed by atoms with E-state index < -0.39 is 0 Å². The highest BCUT2D eigenvalue weighted by Gasteiger charge is 2.17. The lowest BCUT2D eigenvalue weighted by molar-refractivity contribution is 0.124. The Bertz CT molecular complexity index is 556. The minimum Gasteiger partial charge on any atom is -0.497 e. The molecule has 0 aliphatic carbocycles. The van der Waals surface area contributed by atoms with E-state index in [1.807, 2.05) is 25.1 Å². The van der Waals surface area contributed by atoms with Crippen molar-refractivity contribution in [2.45, 2.75) is 20.8 Å². The number of carbonyl (C=O) groups excluding carboxylic acids is 1. The van der Waals surface area contributed by atoms with Crippen LogP contribution in [-0.2, 0) is 0 Å². The van der Waals surface area contributed by atoms with Gasteiger partial charge in [-0.3, -0.25) is 0 Å². The standard InChI is InChI=1S/C19H32N4O2/c1-5-22-8-10-23(11-9-22)14-15(2)13-20-19(24)21-18-12-17(25-4)7-6-16(18)3/h6-7,12,15H,5,8-11,13-14H2,1-4H3,(H2,20,21,24). The number of methoxy groups -OCH3 is 1. The SMILES string of the molecule is CCN1CCN(CC(C)CNC(=O)Nc2cc(OC)ccc2C)CC1. The fraction of sp³-hybridized carbons (Fsp3) is 0.632. The molecular formula is C19H32N4O2. The zero-order valence-electron chi connectivity index (χ0n) is 16.0. The third kappa shape index (κ3) is 6.21. The van der Waals surface area contributed by atoms with E-state index >= 15 is 0 Å². The molecule has 2 amide bonds. The fourth-order valence-electron chi connectivity index (χ4n) is 3.09. The molecule has 2 rings (SSSR count). The maximum Gasteiger partial charge on any atom is 0.319 e. The van der Waals surface area contributed by atoms with Gasteiger partial charge in [0.15, 0.2) is 0 Å². The Morgan fingerprint density at radius 2 is 1.92 bits per heavy atom. The van der Waals surface area contributed by atoms with Gasteiger partial charge in [-0.2, -0.15) is 0 Å². The molecule has 0 saturated carbocycles. The first-order valence-electron chi connectivity index (χ1n) is 9.16. The van der Waals surface area contributed by atoms with Gasteiger partial charge in [-0.1, -0.05) is 19.9 Å². The second kappa shape index (κ2) is 9.63. The van der Waals surface area contributed by atoms with Crippen LogP contribution in [0.4, 0.5) is 10.5 Å². The molecule has 1 saturated heterocycles. The molecule has 6 nitrogen and oxygen atoms in total. The van der Waals surface area contributed by atoms with Crippen LogP contribution in [0.2, 0.25) is 0 Å². The highest BCUT2D eigenvalue weighted by Crippen LogP contribution is 2.21.